The van der Waals surface area contributed by atoms with Crippen LogP contribution in [0.15, 0.2) is 0 Å². The van der Waals surface area contributed by atoms with Crippen LogP contribution in [-0.2, 0) is 8.78 Å². The Kier molecular flexibility index (Phi) is 4.81. The van der Waals surface area contributed by atoms with Crippen molar-refractivity contribution in [1.82, 2.24) is 0 Å². The maximum atomic E-state index is 11.7. The van der Waals surface area contributed by atoms with Crippen molar-refractivity contribution in [2.24, 2.45) is 0 Å². The summed E-state index contributed by atoms with van der Waals surface area (Å²) >= 11 is 2.66. The molecule has 0 saturated carbocycles. The average molecular weight is 230 g/mol. The molecule has 0 bridgehead atoms. The molecule has 0 aromatic carbocycles. The molecule has 0 fully saturated rings. The van der Waals surface area contributed by atoms with E-state index in [1.54, 1.807) is 0 Å². The van der Waals surface area contributed by atoms with Gasteiger partial charge in [0.05, 0.1) is 0 Å². The van der Waals surface area contributed by atoms with Crippen molar-refractivity contribution in [3.8, 4) is 0 Å². The lowest BCUT2D eigenvalue weighted by molar-refractivity contribution is 0.515. The van der Waals surface area contributed by atoms with Crippen LogP contribution < -0.4 is 0 Å². The Morgan fingerprint density at radius 3 is 1.64 bits per heavy atom. The third-order valence-electron chi connectivity index (χ3n) is 0.833. The maximum Gasteiger partial charge on any atom is 0.303 e. The van der Waals surface area contributed by atoms with Crippen LogP contribution in [0.3, 0.4) is 0 Å². The Labute approximate surface area is 77.9 Å². The molecule has 0 N–H and O–H groups in total. The molecule has 0 aromatic rings. The van der Waals surface area contributed by atoms with Gasteiger partial charge in [-0.15, -0.1) is 0 Å². The van der Waals surface area contributed by atoms with Crippen LogP contribution in [0.1, 0.15) is 0 Å². The molecule has 68 valence electrons. The van der Waals surface area contributed by atoms with Crippen LogP contribution in [0.4, 0.5) is 0 Å². The summed E-state index contributed by atoms with van der Waals surface area (Å²) < 4.78 is 17.2. The molecule has 0 saturated heterocycles. The lowest BCUT2D eigenvalue weighted by atomic mass is 11.8. The van der Waals surface area contributed by atoms with E-state index in [1.165, 1.54) is 22.8 Å². The van der Waals surface area contributed by atoms with Crippen LogP contribution in [0.2, 0.25) is 19.6 Å². The lowest BCUT2D eigenvalue weighted by Crippen LogP contribution is -2.22. The number of hydrogen-bond acceptors (Lipinski definition) is 4. The monoisotopic (exact) mass is 230 g/mol. The lowest BCUT2D eigenvalue weighted by Gasteiger charge is -2.22. The molecule has 0 rings (SSSR count). The van der Waals surface area contributed by atoms with Gasteiger partial charge < -0.3 is 4.21 Å². The zero-order valence-electron chi connectivity index (χ0n) is 7.58. The van der Waals surface area contributed by atoms with E-state index < -0.39 is 14.1 Å². The van der Waals surface area contributed by atoms with Crippen LogP contribution in [0.25, 0.3) is 0 Å². The smallest absolute Gasteiger partial charge is 0.303 e. The molecule has 6 heteroatoms. The average Bonchev–Trinajstić information content (AvgIpc) is 1.84. The first-order chi connectivity index (χ1) is 4.83. The zero-order valence-corrected chi connectivity index (χ0v) is 11.1. The quantitative estimate of drug-likeness (QED) is 0.544. The van der Waals surface area contributed by atoms with E-state index in [-0.39, 0.29) is 0 Å². The standard InChI is InChI=1S/C5H15O2PS2Si/c1-9-8(6,10-2)7-11(3,4)5/h1-5H3. The van der Waals surface area contributed by atoms with Crippen molar-refractivity contribution in [1.29, 1.82) is 0 Å². The number of hydrogen-bond donors (Lipinski definition) is 0. The topological polar surface area (TPSA) is 26.3 Å². The fourth-order valence-corrected chi connectivity index (χ4v) is 11.1. The van der Waals surface area contributed by atoms with Gasteiger partial charge >= 0.3 is 5.77 Å². The van der Waals surface area contributed by atoms with E-state index in [4.69, 9.17) is 4.21 Å². The second-order valence-electron chi connectivity index (χ2n) is 3.02. The Bertz CT molecular complexity index is 160. The van der Waals surface area contributed by atoms with Crippen molar-refractivity contribution >= 4 is 36.9 Å². The van der Waals surface area contributed by atoms with E-state index in [1.807, 2.05) is 32.2 Å². The van der Waals surface area contributed by atoms with Gasteiger partial charge in [-0.25, -0.2) is 0 Å². The first-order valence-electron chi connectivity index (χ1n) is 3.25. The van der Waals surface area contributed by atoms with E-state index >= 15 is 0 Å². The molecule has 0 aliphatic heterocycles. The summed E-state index contributed by atoms with van der Waals surface area (Å²) in [6.45, 7) is 6.14. The van der Waals surface area contributed by atoms with Gasteiger partial charge in [0.15, 0.2) is 8.32 Å². The Balaban J connectivity index is 4.21. The summed E-state index contributed by atoms with van der Waals surface area (Å²) in [7, 11) is -1.64. The van der Waals surface area contributed by atoms with Gasteiger partial charge in [0.1, 0.15) is 0 Å². The SMILES string of the molecule is CSP(=O)(O[Si](C)(C)C)SC. The third kappa shape index (κ3) is 5.36. The van der Waals surface area contributed by atoms with E-state index in [2.05, 4.69) is 0 Å². The Hall–Kier alpha value is 1.11. The summed E-state index contributed by atoms with van der Waals surface area (Å²) in [5.74, 6) is -2.41. The molecule has 0 aliphatic carbocycles. The van der Waals surface area contributed by atoms with Gasteiger partial charge in [-0.3, -0.25) is 4.57 Å². The zero-order chi connectivity index (χ0) is 9.12. The van der Waals surface area contributed by atoms with E-state index in [9.17, 15) is 4.57 Å². The number of rotatable bonds is 4. The molecular weight excluding hydrogens is 215 g/mol. The second-order valence-corrected chi connectivity index (χ2v) is 15.4. The highest BCUT2D eigenvalue weighted by Crippen LogP contribution is 2.68. The minimum Gasteiger partial charge on any atom is -0.356 e. The molecular formula is C5H15O2PS2Si. The molecule has 0 aromatic heterocycles. The minimum atomic E-state index is -2.41. The van der Waals surface area contributed by atoms with Crippen LogP contribution in [-0.4, -0.2) is 20.8 Å². The Morgan fingerprint density at radius 2 is 1.55 bits per heavy atom. The van der Waals surface area contributed by atoms with Crippen LogP contribution >= 0.6 is 28.5 Å². The fraction of sp³-hybridized carbons (Fsp3) is 1.00. The van der Waals surface area contributed by atoms with Crippen molar-refractivity contribution < 1.29 is 8.78 Å². The summed E-state index contributed by atoms with van der Waals surface area (Å²) in [6.07, 6.45) is 3.66. The normalized spacial score (nSPS) is 13.5. The second kappa shape index (κ2) is 4.37. The highest BCUT2D eigenvalue weighted by molar-refractivity contribution is 8.89. The molecule has 0 amide bonds. The summed E-state index contributed by atoms with van der Waals surface area (Å²) in [5, 5.41) is 0. The molecule has 0 heterocycles. The summed E-state index contributed by atoms with van der Waals surface area (Å²) in [6, 6.07) is 0. The molecule has 0 atom stereocenters. The van der Waals surface area contributed by atoms with Crippen molar-refractivity contribution in [2.45, 2.75) is 19.6 Å². The van der Waals surface area contributed by atoms with Gasteiger partial charge in [-0.2, -0.15) is 0 Å². The van der Waals surface area contributed by atoms with Crippen molar-refractivity contribution in [3.05, 3.63) is 0 Å². The van der Waals surface area contributed by atoms with Crippen LogP contribution in [0, 0.1) is 0 Å². The van der Waals surface area contributed by atoms with E-state index in [0.29, 0.717) is 0 Å². The minimum absolute atomic E-state index is 1.33. The third-order valence-corrected chi connectivity index (χ3v) is 11.5. The predicted octanol–water partition coefficient (Wildman–Crippen LogP) is 3.67. The molecule has 0 spiro atoms. The molecule has 0 aliphatic rings. The van der Waals surface area contributed by atoms with Gasteiger partial charge in [-0.1, -0.05) is 22.8 Å². The fourth-order valence-electron chi connectivity index (χ4n) is 0.484. The van der Waals surface area contributed by atoms with Crippen LogP contribution in [0.5, 0.6) is 0 Å². The highest BCUT2D eigenvalue weighted by Gasteiger charge is 2.28. The summed E-state index contributed by atoms with van der Waals surface area (Å²) in [4.78, 5) is 0. The maximum absolute atomic E-state index is 11.7. The van der Waals surface area contributed by atoms with Gasteiger partial charge in [0, 0.05) is 0 Å². The van der Waals surface area contributed by atoms with Gasteiger partial charge in [-0.05, 0) is 32.2 Å². The van der Waals surface area contributed by atoms with Crippen molar-refractivity contribution in [2.75, 3.05) is 12.5 Å². The van der Waals surface area contributed by atoms with E-state index in [0.717, 1.165) is 0 Å². The van der Waals surface area contributed by atoms with Crippen molar-refractivity contribution in [3.63, 3.8) is 0 Å². The molecule has 0 radical (unpaired) electrons. The summed E-state index contributed by atoms with van der Waals surface area (Å²) in [5.41, 5.74) is 0. The van der Waals surface area contributed by atoms with Gasteiger partial charge in [0.2, 0.25) is 0 Å². The first kappa shape index (κ1) is 12.1. The molecule has 0 unspecified atom stereocenters. The Morgan fingerprint density at radius 1 is 1.18 bits per heavy atom. The largest absolute Gasteiger partial charge is 0.356 e. The first-order valence-corrected chi connectivity index (χ1v) is 11.9. The highest BCUT2D eigenvalue weighted by atomic mass is 33.1. The predicted molar refractivity (Wildman–Crippen MR) is 59.1 cm³/mol. The molecule has 11 heavy (non-hydrogen) atoms. The van der Waals surface area contributed by atoms with Gasteiger partial charge in [0.25, 0.3) is 0 Å². The molecule has 2 nitrogen and oxygen atoms in total.